The van der Waals surface area contributed by atoms with Crippen molar-refractivity contribution >= 4 is 22.4 Å². The standard InChI is InChI=1S/C15H14N4O2/c1-10-13(5-2-6-14(10)19(20)21)17-8-11-9-18-15-12(11)4-3-7-16-15/h2-7,9,17H,8H2,1H3,(H,16,18). The third-order valence-electron chi connectivity index (χ3n) is 3.51. The first kappa shape index (κ1) is 13.1. The quantitative estimate of drug-likeness (QED) is 0.567. The molecule has 0 radical (unpaired) electrons. The van der Waals surface area contributed by atoms with Crippen LogP contribution in [0, 0.1) is 17.0 Å². The second-order valence-corrected chi connectivity index (χ2v) is 4.77. The second kappa shape index (κ2) is 5.24. The summed E-state index contributed by atoms with van der Waals surface area (Å²) in [5, 5.41) is 15.2. The van der Waals surface area contributed by atoms with Crippen LogP contribution in [0.2, 0.25) is 0 Å². The monoisotopic (exact) mass is 282 g/mol. The maximum Gasteiger partial charge on any atom is 0.274 e. The maximum atomic E-state index is 10.9. The lowest BCUT2D eigenvalue weighted by atomic mass is 10.1. The van der Waals surface area contributed by atoms with Crippen LogP contribution in [0.1, 0.15) is 11.1 Å². The molecule has 2 aromatic heterocycles. The van der Waals surface area contributed by atoms with E-state index in [0.29, 0.717) is 12.1 Å². The van der Waals surface area contributed by atoms with Crippen molar-refractivity contribution in [3.8, 4) is 0 Å². The van der Waals surface area contributed by atoms with E-state index in [-0.39, 0.29) is 10.6 Å². The van der Waals surface area contributed by atoms with Gasteiger partial charge in [0.1, 0.15) is 5.65 Å². The van der Waals surface area contributed by atoms with Crippen LogP contribution in [-0.2, 0) is 6.54 Å². The lowest BCUT2D eigenvalue weighted by Crippen LogP contribution is -2.02. The molecule has 1 aromatic carbocycles. The molecule has 21 heavy (non-hydrogen) atoms. The first-order chi connectivity index (χ1) is 10.2. The summed E-state index contributed by atoms with van der Waals surface area (Å²) in [6.07, 6.45) is 3.64. The highest BCUT2D eigenvalue weighted by Gasteiger charge is 2.13. The minimum atomic E-state index is -0.365. The van der Waals surface area contributed by atoms with Crippen molar-refractivity contribution in [2.24, 2.45) is 0 Å². The number of hydrogen-bond acceptors (Lipinski definition) is 4. The van der Waals surface area contributed by atoms with E-state index in [1.807, 2.05) is 24.4 Å². The molecule has 0 bridgehead atoms. The van der Waals surface area contributed by atoms with Crippen molar-refractivity contribution in [3.05, 3.63) is 64.0 Å². The Hall–Kier alpha value is -2.89. The molecular formula is C15H14N4O2. The predicted octanol–water partition coefficient (Wildman–Crippen LogP) is 3.39. The molecule has 6 nitrogen and oxygen atoms in total. The minimum Gasteiger partial charge on any atom is -0.380 e. The Labute approximate surface area is 121 Å². The van der Waals surface area contributed by atoms with Gasteiger partial charge in [-0.05, 0) is 30.7 Å². The largest absolute Gasteiger partial charge is 0.380 e. The van der Waals surface area contributed by atoms with E-state index >= 15 is 0 Å². The Morgan fingerprint density at radius 1 is 1.33 bits per heavy atom. The predicted molar refractivity (Wildman–Crippen MR) is 81.3 cm³/mol. The summed E-state index contributed by atoms with van der Waals surface area (Å²) in [5.41, 5.74) is 3.44. The lowest BCUT2D eigenvalue weighted by Gasteiger charge is -2.09. The summed E-state index contributed by atoms with van der Waals surface area (Å²) in [6.45, 7) is 2.32. The van der Waals surface area contributed by atoms with Gasteiger partial charge < -0.3 is 10.3 Å². The van der Waals surface area contributed by atoms with Crippen molar-refractivity contribution in [2.75, 3.05) is 5.32 Å². The number of aromatic nitrogens is 2. The third kappa shape index (κ3) is 2.43. The zero-order valence-corrected chi connectivity index (χ0v) is 11.5. The van der Waals surface area contributed by atoms with Gasteiger partial charge in [-0.3, -0.25) is 10.1 Å². The molecule has 3 aromatic rings. The summed E-state index contributed by atoms with van der Waals surface area (Å²) >= 11 is 0. The van der Waals surface area contributed by atoms with Crippen molar-refractivity contribution in [1.82, 2.24) is 9.97 Å². The average molecular weight is 282 g/mol. The van der Waals surface area contributed by atoms with Crippen LogP contribution in [0.5, 0.6) is 0 Å². The molecule has 0 aliphatic carbocycles. The van der Waals surface area contributed by atoms with Crippen LogP contribution in [0.3, 0.4) is 0 Å². The van der Waals surface area contributed by atoms with E-state index in [1.165, 1.54) is 6.07 Å². The van der Waals surface area contributed by atoms with Crippen LogP contribution >= 0.6 is 0 Å². The Morgan fingerprint density at radius 2 is 2.19 bits per heavy atom. The molecule has 0 fully saturated rings. The summed E-state index contributed by atoms with van der Waals surface area (Å²) in [5.74, 6) is 0. The number of aromatic amines is 1. The maximum absolute atomic E-state index is 10.9. The van der Waals surface area contributed by atoms with E-state index in [0.717, 1.165) is 22.3 Å². The number of rotatable bonds is 4. The number of fused-ring (bicyclic) bond motifs is 1. The molecule has 0 saturated heterocycles. The van der Waals surface area contributed by atoms with E-state index in [1.54, 1.807) is 19.2 Å². The molecule has 0 aliphatic heterocycles. The van der Waals surface area contributed by atoms with Gasteiger partial charge in [0.25, 0.3) is 5.69 Å². The average Bonchev–Trinajstić information content (AvgIpc) is 2.89. The Kier molecular flexibility index (Phi) is 3.27. The van der Waals surface area contributed by atoms with Crippen molar-refractivity contribution in [2.45, 2.75) is 13.5 Å². The fourth-order valence-corrected chi connectivity index (χ4v) is 2.36. The van der Waals surface area contributed by atoms with E-state index < -0.39 is 0 Å². The molecule has 0 unspecified atom stereocenters. The van der Waals surface area contributed by atoms with Crippen LogP contribution in [-0.4, -0.2) is 14.9 Å². The summed E-state index contributed by atoms with van der Waals surface area (Å²) in [4.78, 5) is 17.9. The molecule has 0 amide bonds. The SMILES string of the molecule is Cc1c(NCc2c[nH]c3ncccc23)cccc1[N+](=O)[O-]. The molecule has 2 N–H and O–H groups in total. The number of hydrogen-bond donors (Lipinski definition) is 2. The van der Waals surface area contributed by atoms with Crippen molar-refractivity contribution in [3.63, 3.8) is 0 Å². The molecule has 0 aliphatic rings. The van der Waals surface area contributed by atoms with Gasteiger partial charge in [0, 0.05) is 41.6 Å². The minimum absolute atomic E-state index is 0.126. The van der Waals surface area contributed by atoms with Gasteiger partial charge >= 0.3 is 0 Å². The van der Waals surface area contributed by atoms with E-state index in [4.69, 9.17) is 0 Å². The number of nitro benzene ring substituents is 1. The number of anilines is 1. The Bertz CT molecular complexity index is 810. The number of nitrogens with one attached hydrogen (secondary N) is 2. The molecule has 0 atom stereocenters. The number of nitro groups is 1. The fourth-order valence-electron chi connectivity index (χ4n) is 2.36. The van der Waals surface area contributed by atoms with Crippen molar-refractivity contribution in [1.29, 1.82) is 0 Å². The number of pyridine rings is 1. The fraction of sp³-hybridized carbons (Fsp3) is 0.133. The molecule has 2 heterocycles. The Morgan fingerprint density at radius 3 is 3.00 bits per heavy atom. The van der Waals surface area contributed by atoms with Gasteiger partial charge in [-0.2, -0.15) is 0 Å². The van der Waals surface area contributed by atoms with Crippen LogP contribution < -0.4 is 5.32 Å². The van der Waals surface area contributed by atoms with Gasteiger partial charge in [-0.1, -0.05) is 6.07 Å². The smallest absolute Gasteiger partial charge is 0.274 e. The van der Waals surface area contributed by atoms with Crippen LogP contribution in [0.4, 0.5) is 11.4 Å². The van der Waals surface area contributed by atoms with Crippen molar-refractivity contribution < 1.29 is 4.92 Å². The van der Waals surface area contributed by atoms with E-state index in [2.05, 4.69) is 15.3 Å². The summed E-state index contributed by atoms with van der Waals surface area (Å²) < 4.78 is 0. The molecule has 0 saturated carbocycles. The van der Waals surface area contributed by atoms with Gasteiger partial charge in [0.2, 0.25) is 0 Å². The molecule has 6 heteroatoms. The number of H-pyrrole nitrogens is 1. The van der Waals surface area contributed by atoms with Crippen LogP contribution in [0.15, 0.2) is 42.7 Å². The van der Waals surface area contributed by atoms with Gasteiger partial charge in [-0.25, -0.2) is 4.98 Å². The molecule has 106 valence electrons. The highest BCUT2D eigenvalue weighted by atomic mass is 16.6. The Balaban J connectivity index is 1.85. The number of benzene rings is 1. The van der Waals surface area contributed by atoms with Gasteiger partial charge in [0.05, 0.1) is 4.92 Å². The number of nitrogens with zero attached hydrogens (tertiary/aromatic N) is 2. The normalized spacial score (nSPS) is 10.7. The summed E-state index contributed by atoms with van der Waals surface area (Å²) in [6, 6.07) is 8.92. The summed E-state index contributed by atoms with van der Waals surface area (Å²) in [7, 11) is 0. The van der Waals surface area contributed by atoms with Gasteiger partial charge in [0.15, 0.2) is 0 Å². The van der Waals surface area contributed by atoms with E-state index in [9.17, 15) is 10.1 Å². The topological polar surface area (TPSA) is 83.8 Å². The molecule has 3 rings (SSSR count). The highest BCUT2D eigenvalue weighted by Crippen LogP contribution is 2.26. The first-order valence-corrected chi connectivity index (χ1v) is 6.55. The zero-order valence-electron chi connectivity index (χ0n) is 11.5. The van der Waals surface area contributed by atoms with Gasteiger partial charge in [-0.15, -0.1) is 0 Å². The molecular weight excluding hydrogens is 268 g/mol. The third-order valence-corrected chi connectivity index (χ3v) is 3.51. The lowest BCUT2D eigenvalue weighted by molar-refractivity contribution is -0.385. The highest BCUT2D eigenvalue weighted by molar-refractivity contribution is 5.79. The first-order valence-electron chi connectivity index (χ1n) is 6.55. The second-order valence-electron chi connectivity index (χ2n) is 4.77. The zero-order chi connectivity index (χ0) is 14.8. The molecule has 0 spiro atoms. The van der Waals surface area contributed by atoms with Crippen LogP contribution in [0.25, 0.3) is 11.0 Å².